The quantitative estimate of drug-likeness (QED) is 0.747. The van der Waals surface area contributed by atoms with Gasteiger partial charge in [-0.15, -0.1) is 11.6 Å². The van der Waals surface area contributed by atoms with Crippen molar-refractivity contribution in [2.24, 2.45) is 0 Å². The van der Waals surface area contributed by atoms with Crippen LogP contribution in [0, 0.1) is 6.92 Å². The van der Waals surface area contributed by atoms with Gasteiger partial charge in [-0.1, -0.05) is 25.3 Å². The van der Waals surface area contributed by atoms with Crippen molar-refractivity contribution < 1.29 is 0 Å². The highest BCUT2D eigenvalue weighted by molar-refractivity contribution is 6.17. The Balaban J connectivity index is 2.11. The summed E-state index contributed by atoms with van der Waals surface area (Å²) in [5, 5.41) is 0. The van der Waals surface area contributed by atoms with E-state index in [9.17, 15) is 0 Å². The summed E-state index contributed by atoms with van der Waals surface area (Å²) < 4.78 is 2.48. The van der Waals surface area contributed by atoms with Gasteiger partial charge in [-0.05, 0) is 37.5 Å². The number of halogens is 1. The third-order valence-electron chi connectivity index (χ3n) is 4.18. The van der Waals surface area contributed by atoms with E-state index in [1.54, 1.807) is 0 Å². The van der Waals surface area contributed by atoms with Gasteiger partial charge in [0.05, 0.1) is 11.0 Å². The Morgan fingerprint density at radius 2 is 2.05 bits per heavy atom. The summed E-state index contributed by atoms with van der Waals surface area (Å²) in [6.45, 7) is 2.15. The van der Waals surface area contributed by atoms with Crippen molar-refractivity contribution in [2.75, 3.05) is 5.88 Å². The van der Waals surface area contributed by atoms with Gasteiger partial charge in [-0.3, -0.25) is 0 Å². The summed E-state index contributed by atoms with van der Waals surface area (Å²) in [6.07, 6.45) is 7.51. The van der Waals surface area contributed by atoms with Gasteiger partial charge in [0, 0.05) is 18.3 Å². The molecule has 0 unspecified atom stereocenters. The molecule has 0 amide bonds. The monoisotopic (exact) mass is 276 g/mol. The lowest BCUT2D eigenvalue weighted by Gasteiger charge is -2.25. The zero-order valence-electron chi connectivity index (χ0n) is 11.5. The number of alkyl halides is 1. The zero-order chi connectivity index (χ0) is 13.2. The van der Waals surface area contributed by atoms with Crippen LogP contribution in [0.5, 0.6) is 0 Å². The summed E-state index contributed by atoms with van der Waals surface area (Å²) in [4.78, 5) is 4.80. The second kappa shape index (κ2) is 5.54. The molecule has 1 aromatic heterocycles. The molecule has 1 fully saturated rings. The van der Waals surface area contributed by atoms with Crippen LogP contribution in [0.3, 0.4) is 0 Å². The van der Waals surface area contributed by atoms with E-state index >= 15 is 0 Å². The van der Waals surface area contributed by atoms with Crippen LogP contribution in [0.4, 0.5) is 0 Å². The second-order valence-electron chi connectivity index (χ2n) is 5.62. The molecule has 1 aliphatic carbocycles. The summed E-state index contributed by atoms with van der Waals surface area (Å²) in [5.74, 6) is 1.82. The Morgan fingerprint density at radius 1 is 1.26 bits per heavy atom. The van der Waals surface area contributed by atoms with Crippen molar-refractivity contribution in [2.45, 2.75) is 51.5 Å². The van der Waals surface area contributed by atoms with E-state index in [1.165, 1.54) is 49.0 Å². The van der Waals surface area contributed by atoms with Crippen LogP contribution >= 0.6 is 11.6 Å². The van der Waals surface area contributed by atoms with Gasteiger partial charge in [0.25, 0.3) is 0 Å². The molecular formula is C16H21ClN2. The largest absolute Gasteiger partial charge is 0.325 e. The molecule has 19 heavy (non-hydrogen) atoms. The highest BCUT2D eigenvalue weighted by Crippen LogP contribution is 2.33. The van der Waals surface area contributed by atoms with Crippen molar-refractivity contribution in [1.29, 1.82) is 0 Å². The number of hydrogen-bond acceptors (Lipinski definition) is 1. The third kappa shape index (κ3) is 2.51. The fraction of sp³-hybridized carbons (Fsp3) is 0.562. The predicted molar refractivity (Wildman–Crippen MR) is 81.0 cm³/mol. The van der Waals surface area contributed by atoms with Gasteiger partial charge < -0.3 is 4.57 Å². The lowest BCUT2D eigenvalue weighted by molar-refractivity contribution is 0.353. The minimum absolute atomic E-state index is 0.624. The molecule has 1 heterocycles. The first-order valence-corrected chi connectivity index (χ1v) is 7.86. The number of hydrogen-bond donors (Lipinski definition) is 0. The van der Waals surface area contributed by atoms with Crippen LogP contribution in [-0.2, 0) is 6.42 Å². The van der Waals surface area contributed by atoms with E-state index in [0.717, 1.165) is 11.9 Å². The Labute approximate surface area is 119 Å². The zero-order valence-corrected chi connectivity index (χ0v) is 12.3. The third-order valence-corrected chi connectivity index (χ3v) is 4.36. The van der Waals surface area contributed by atoms with Crippen molar-refractivity contribution in [1.82, 2.24) is 9.55 Å². The Bertz CT molecular complexity index is 567. The highest BCUT2D eigenvalue weighted by Gasteiger charge is 2.21. The van der Waals surface area contributed by atoms with Crippen LogP contribution < -0.4 is 0 Å². The van der Waals surface area contributed by atoms with Crippen LogP contribution in [0.2, 0.25) is 0 Å². The first kappa shape index (κ1) is 13.0. The van der Waals surface area contributed by atoms with Gasteiger partial charge in [0.2, 0.25) is 0 Å². The summed E-state index contributed by atoms with van der Waals surface area (Å²) in [6, 6.07) is 7.18. The standard InChI is InChI=1S/C16H21ClN2/c1-12-7-8-14-15(11-12)19(16(18-14)9-10-17)13-5-3-2-4-6-13/h7-8,11,13H,2-6,9-10H2,1H3. The number of aryl methyl sites for hydroxylation is 2. The molecule has 0 N–H and O–H groups in total. The molecule has 3 rings (SSSR count). The molecule has 0 bridgehead atoms. The first-order valence-electron chi connectivity index (χ1n) is 7.33. The van der Waals surface area contributed by atoms with Crippen LogP contribution in [0.25, 0.3) is 11.0 Å². The molecule has 0 radical (unpaired) electrons. The number of nitrogens with zero attached hydrogens (tertiary/aromatic N) is 2. The maximum absolute atomic E-state index is 5.95. The molecule has 0 aliphatic heterocycles. The SMILES string of the molecule is Cc1ccc2nc(CCCl)n(C3CCCCC3)c2c1. The maximum Gasteiger partial charge on any atom is 0.111 e. The Morgan fingerprint density at radius 3 is 2.79 bits per heavy atom. The number of imidazole rings is 1. The molecule has 0 saturated heterocycles. The lowest BCUT2D eigenvalue weighted by atomic mass is 9.95. The van der Waals surface area contributed by atoms with Crippen LogP contribution in [0.15, 0.2) is 18.2 Å². The minimum atomic E-state index is 0.624. The van der Waals surface area contributed by atoms with E-state index in [0.29, 0.717) is 11.9 Å². The van der Waals surface area contributed by atoms with Gasteiger partial charge in [0.1, 0.15) is 5.82 Å². The molecule has 2 aromatic rings. The van der Waals surface area contributed by atoms with Crippen LogP contribution in [-0.4, -0.2) is 15.4 Å². The smallest absolute Gasteiger partial charge is 0.111 e. The maximum atomic E-state index is 5.95. The molecule has 1 saturated carbocycles. The molecule has 2 nitrogen and oxygen atoms in total. The Hall–Kier alpha value is -1.02. The van der Waals surface area contributed by atoms with Crippen molar-refractivity contribution >= 4 is 22.6 Å². The summed E-state index contributed by atoms with van der Waals surface area (Å²) >= 11 is 5.95. The lowest BCUT2D eigenvalue weighted by Crippen LogP contribution is -2.15. The van der Waals surface area contributed by atoms with Crippen LogP contribution in [0.1, 0.15) is 49.5 Å². The number of rotatable bonds is 3. The number of benzene rings is 1. The fourth-order valence-corrected chi connectivity index (χ4v) is 3.43. The highest BCUT2D eigenvalue weighted by atomic mass is 35.5. The molecule has 3 heteroatoms. The minimum Gasteiger partial charge on any atom is -0.325 e. The van der Waals surface area contributed by atoms with Crippen molar-refractivity contribution in [3.8, 4) is 0 Å². The van der Waals surface area contributed by atoms with E-state index in [-0.39, 0.29) is 0 Å². The Kier molecular flexibility index (Phi) is 3.79. The van der Waals surface area contributed by atoms with Crippen molar-refractivity contribution in [3.63, 3.8) is 0 Å². The molecule has 1 aromatic carbocycles. The van der Waals surface area contributed by atoms with Gasteiger partial charge in [-0.2, -0.15) is 0 Å². The molecule has 1 aliphatic rings. The average Bonchev–Trinajstić information content (AvgIpc) is 2.77. The topological polar surface area (TPSA) is 17.8 Å². The van der Waals surface area contributed by atoms with E-state index in [4.69, 9.17) is 16.6 Å². The normalized spacial score (nSPS) is 17.2. The fourth-order valence-electron chi connectivity index (χ4n) is 3.26. The summed E-state index contributed by atoms with van der Waals surface area (Å²) in [5.41, 5.74) is 3.73. The summed E-state index contributed by atoms with van der Waals surface area (Å²) in [7, 11) is 0. The average molecular weight is 277 g/mol. The second-order valence-corrected chi connectivity index (χ2v) is 6.00. The molecule has 0 spiro atoms. The molecular weight excluding hydrogens is 256 g/mol. The van der Waals surface area contributed by atoms with E-state index < -0.39 is 0 Å². The number of fused-ring (bicyclic) bond motifs is 1. The van der Waals surface area contributed by atoms with Crippen molar-refractivity contribution in [3.05, 3.63) is 29.6 Å². The molecule has 102 valence electrons. The van der Waals surface area contributed by atoms with E-state index in [2.05, 4.69) is 29.7 Å². The van der Waals surface area contributed by atoms with Gasteiger partial charge in [0.15, 0.2) is 0 Å². The number of aromatic nitrogens is 2. The predicted octanol–water partition coefficient (Wildman–Crippen LogP) is 4.63. The van der Waals surface area contributed by atoms with Gasteiger partial charge in [-0.25, -0.2) is 4.98 Å². The van der Waals surface area contributed by atoms with E-state index in [1.807, 2.05) is 0 Å². The van der Waals surface area contributed by atoms with Gasteiger partial charge >= 0.3 is 0 Å². The first-order chi connectivity index (χ1) is 9.29. The molecule has 0 atom stereocenters.